The SMILES string of the molecule is COC(=O)CC1Oc2ccc(CC(=O)NCCc3ccc(OC)c(OC)c3)cc2O1. The van der Waals surface area contributed by atoms with Gasteiger partial charge >= 0.3 is 5.97 Å². The third-order valence-corrected chi connectivity index (χ3v) is 4.63. The predicted octanol–water partition coefficient (Wildman–Crippen LogP) is 2.27. The van der Waals surface area contributed by atoms with Crippen LogP contribution in [0.15, 0.2) is 36.4 Å². The van der Waals surface area contributed by atoms with Crippen LogP contribution in [0.4, 0.5) is 0 Å². The van der Waals surface area contributed by atoms with E-state index in [1.807, 2.05) is 18.2 Å². The summed E-state index contributed by atoms with van der Waals surface area (Å²) in [6.07, 6.45) is 0.169. The highest BCUT2D eigenvalue weighted by Gasteiger charge is 2.27. The van der Waals surface area contributed by atoms with Crippen molar-refractivity contribution in [3.63, 3.8) is 0 Å². The number of fused-ring (bicyclic) bond motifs is 1. The molecule has 1 atom stereocenters. The van der Waals surface area contributed by atoms with Crippen molar-refractivity contribution in [2.24, 2.45) is 0 Å². The topological polar surface area (TPSA) is 92.3 Å². The summed E-state index contributed by atoms with van der Waals surface area (Å²) in [7, 11) is 4.49. The third kappa shape index (κ3) is 5.34. The van der Waals surface area contributed by atoms with Crippen molar-refractivity contribution in [2.45, 2.75) is 25.6 Å². The number of methoxy groups -OCH3 is 3. The molecule has 0 aromatic heterocycles. The fourth-order valence-electron chi connectivity index (χ4n) is 3.09. The summed E-state index contributed by atoms with van der Waals surface area (Å²) in [5.74, 6) is 1.87. The Balaban J connectivity index is 1.48. The van der Waals surface area contributed by atoms with E-state index in [-0.39, 0.29) is 18.7 Å². The molecule has 160 valence electrons. The van der Waals surface area contributed by atoms with Gasteiger partial charge in [0.15, 0.2) is 23.0 Å². The van der Waals surface area contributed by atoms with Crippen molar-refractivity contribution in [3.05, 3.63) is 47.5 Å². The molecule has 2 aromatic rings. The van der Waals surface area contributed by atoms with Crippen molar-refractivity contribution in [1.82, 2.24) is 5.32 Å². The number of hydrogen-bond acceptors (Lipinski definition) is 7. The van der Waals surface area contributed by atoms with Gasteiger partial charge in [-0.15, -0.1) is 0 Å². The molecular weight excluding hydrogens is 390 g/mol. The highest BCUT2D eigenvalue weighted by atomic mass is 16.7. The van der Waals surface area contributed by atoms with Crippen LogP contribution in [0, 0.1) is 0 Å². The van der Waals surface area contributed by atoms with Crippen molar-refractivity contribution in [3.8, 4) is 23.0 Å². The molecule has 1 N–H and O–H groups in total. The van der Waals surface area contributed by atoms with Crippen LogP contribution in [0.1, 0.15) is 17.5 Å². The van der Waals surface area contributed by atoms with Gasteiger partial charge < -0.3 is 29.0 Å². The number of rotatable bonds is 9. The Bertz CT molecular complexity index is 912. The molecule has 0 radical (unpaired) electrons. The van der Waals surface area contributed by atoms with E-state index >= 15 is 0 Å². The number of ether oxygens (including phenoxy) is 5. The minimum Gasteiger partial charge on any atom is -0.493 e. The van der Waals surface area contributed by atoms with Crippen LogP contribution in [-0.2, 0) is 27.2 Å². The molecule has 0 spiro atoms. The Kier molecular flexibility index (Phi) is 7.00. The lowest BCUT2D eigenvalue weighted by Crippen LogP contribution is -2.27. The highest BCUT2D eigenvalue weighted by Crippen LogP contribution is 2.36. The second-order valence-corrected chi connectivity index (χ2v) is 6.69. The fourth-order valence-corrected chi connectivity index (χ4v) is 3.09. The van der Waals surface area contributed by atoms with Crippen molar-refractivity contribution in [2.75, 3.05) is 27.9 Å². The first-order valence-corrected chi connectivity index (χ1v) is 9.53. The molecule has 8 nitrogen and oxygen atoms in total. The van der Waals surface area contributed by atoms with Crippen LogP contribution in [-0.4, -0.2) is 46.0 Å². The average molecular weight is 415 g/mol. The van der Waals surface area contributed by atoms with E-state index in [1.165, 1.54) is 7.11 Å². The first kappa shape index (κ1) is 21.3. The standard InChI is InChI=1S/C22H25NO7/c1-26-16-6-4-14(10-18(16)27-2)8-9-23-20(24)12-15-5-7-17-19(11-15)30-22(29-17)13-21(25)28-3/h4-7,10-11,22H,8-9,12-13H2,1-3H3,(H,23,24). The molecule has 0 bridgehead atoms. The average Bonchev–Trinajstić information content (AvgIpc) is 3.14. The van der Waals surface area contributed by atoms with E-state index in [0.29, 0.717) is 36.0 Å². The summed E-state index contributed by atoms with van der Waals surface area (Å²) < 4.78 is 26.3. The maximum absolute atomic E-state index is 12.3. The first-order chi connectivity index (χ1) is 14.5. The van der Waals surface area contributed by atoms with E-state index in [0.717, 1.165) is 11.1 Å². The second kappa shape index (κ2) is 9.87. The van der Waals surface area contributed by atoms with Gasteiger partial charge in [0.2, 0.25) is 5.91 Å². The monoisotopic (exact) mass is 415 g/mol. The molecule has 0 saturated heterocycles. The van der Waals surface area contributed by atoms with Gasteiger partial charge in [0.1, 0.15) is 6.42 Å². The summed E-state index contributed by atoms with van der Waals surface area (Å²) in [6, 6.07) is 11.0. The molecule has 1 amide bonds. The van der Waals surface area contributed by atoms with Gasteiger partial charge in [0.05, 0.1) is 27.8 Å². The summed E-state index contributed by atoms with van der Waals surface area (Å²) in [5, 5.41) is 2.91. The third-order valence-electron chi connectivity index (χ3n) is 4.63. The molecule has 1 aliphatic heterocycles. The Morgan fingerprint density at radius 2 is 1.67 bits per heavy atom. The molecule has 0 aliphatic carbocycles. The van der Waals surface area contributed by atoms with Crippen LogP contribution in [0.5, 0.6) is 23.0 Å². The zero-order chi connectivity index (χ0) is 21.5. The molecule has 1 aliphatic rings. The minimum atomic E-state index is -0.710. The first-order valence-electron chi connectivity index (χ1n) is 9.53. The molecule has 30 heavy (non-hydrogen) atoms. The molecule has 1 unspecified atom stereocenters. The van der Waals surface area contributed by atoms with Crippen LogP contribution < -0.4 is 24.3 Å². The second-order valence-electron chi connectivity index (χ2n) is 6.69. The van der Waals surface area contributed by atoms with Crippen LogP contribution in [0.2, 0.25) is 0 Å². The van der Waals surface area contributed by atoms with Gasteiger partial charge in [-0.25, -0.2) is 0 Å². The van der Waals surface area contributed by atoms with Crippen molar-refractivity contribution >= 4 is 11.9 Å². The predicted molar refractivity (Wildman–Crippen MR) is 108 cm³/mol. The maximum Gasteiger partial charge on any atom is 0.313 e. The number of esters is 1. The van der Waals surface area contributed by atoms with Gasteiger partial charge in [0.25, 0.3) is 6.29 Å². The largest absolute Gasteiger partial charge is 0.493 e. The van der Waals surface area contributed by atoms with E-state index in [4.69, 9.17) is 18.9 Å². The Morgan fingerprint density at radius 3 is 2.40 bits per heavy atom. The van der Waals surface area contributed by atoms with Crippen LogP contribution >= 0.6 is 0 Å². The number of benzene rings is 2. The Labute approximate surface area is 175 Å². The van der Waals surface area contributed by atoms with Gasteiger partial charge in [-0.2, -0.15) is 0 Å². The smallest absolute Gasteiger partial charge is 0.313 e. The number of hydrogen-bond donors (Lipinski definition) is 1. The zero-order valence-corrected chi connectivity index (χ0v) is 17.2. The quantitative estimate of drug-likeness (QED) is 0.628. The lowest BCUT2D eigenvalue weighted by atomic mass is 10.1. The van der Waals surface area contributed by atoms with E-state index in [1.54, 1.807) is 32.4 Å². The molecular formula is C22H25NO7. The maximum atomic E-state index is 12.3. The lowest BCUT2D eigenvalue weighted by Gasteiger charge is -2.10. The molecule has 0 saturated carbocycles. The summed E-state index contributed by atoms with van der Waals surface area (Å²) in [4.78, 5) is 23.6. The van der Waals surface area contributed by atoms with E-state index in [2.05, 4.69) is 10.1 Å². The van der Waals surface area contributed by atoms with Gasteiger partial charge in [-0.05, 0) is 41.8 Å². The van der Waals surface area contributed by atoms with Crippen LogP contribution in [0.3, 0.4) is 0 Å². The molecule has 8 heteroatoms. The minimum absolute atomic E-state index is 0.00283. The Hall–Kier alpha value is -3.42. The number of nitrogens with one attached hydrogen (secondary N) is 1. The molecule has 2 aromatic carbocycles. The number of amides is 1. The van der Waals surface area contributed by atoms with Crippen molar-refractivity contribution < 1.29 is 33.3 Å². The molecule has 1 heterocycles. The number of carbonyl (C=O) groups excluding carboxylic acids is 2. The highest BCUT2D eigenvalue weighted by molar-refractivity contribution is 5.78. The van der Waals surface area contributed by atoms with Gasteiger partial charge in [-0.1, -0.05) is 12.1 Å². The lowest BCUT2D eigenvalue weighted by molar-refractivity contribution is -0.145. The summed E-state index contributed by atoms with van der Waals surface area (Å²) >= 11 is 0. The van der Waals surface area contributed by atoms with Crippen LogP contribution in [0.25, 0.3) is 0 Å². The van der Waals surface area contributed by atoms with Crippen molar-refractivity contribution in [1.29, 1.82) is 0 Å². The summed E-state index contributed by atoms with van der Waals surface area (Å²) in [6.45, 7) is 0.500. The zero-order valence-electron chi connectivity index (χ0n) is 17.2. The van der Waals surface area contributed by atoms with E-state index in [9.17, 15) is 9.59 Å². The normalized spacial score (nSPS) is 14.2. The van der Waals surface area contributed by atoms with Gasteiger partial charge in [0, 0.05) is 6.54 Å². The van der Waals surface area contributed by atoms with E-state index < -0.39 is 12.3 Å². The summed E-state index contributed by atoms with van der Waals surface area (Å²) in [5.41, 5.74) is 1.83. The van der Waals surface area contributed by atoms with Gasteiger partial charge in [-0.3, -0.25) is 9.59 Å². The molecule has 0 fully saturated rings. The molecule has 3 rings (SSSR count). The Morgan fingerprint density at radius 1 is 0.933 bits per heavy atom. The number of carbonyl (C=O) groups is 2. The fraction of sp³-hybridized carbons (Fsp3) is 0.364.